The highest BCUT2D eigenvalue weighted by molar-refractivity contribution is 6.35. The molecule has 1 N–H and O–H groups in total. The summed E-state index contributed by atoms with van der Waals surface area (Å²) in [6.45, 7) is 3.42. The van der Waals surface area contributed by atoms with Crippen molar-refractivity contribution >= 4 is 23.2 Å². The fraction of sp³-hybridized carbons (Fsp3) is 0.375. The van der Waals surface area contributed by atoms with Crippen LogP contribution >= 0.6 is 23.2 Å². The van der Waals surface area contributed by atoms with Crippen molar-refractivity contribution in [3.63, 3.8) is 0 Å². The largest absolute Gasteiger partial charge is 0.389 e. The van der Waals surface area contributed by atoms with Crippen molar-refractivity contribution in [3.8, 4) is 0 Å². The zero-order chi connectivity index (χ0) is 9.30. The van der Waals surface area contributed by atoms with Crippen LogP contribution in [0.4, 0.5) is 0 Å². The minimum atomic E-state index is -0.683. The molecule has 0 aliphatic heterocycles. The molecule has 0 aliphatic carbocycles. The molecule has 0 saturated carbocycles. The van der Waals surface area contributed by atoms with E-state index < -0.39 is 6.10 Å². The minimum Gasteiger partial charge on any atom is -0.389 e. The topological polar surface area (TPSA) is 33.1 Å². The quantitative estimate of drug-likeness (QED) is 0.716. The van der Waals surface area contributed by atoms with Gasteiger partial charge in [-0.1, -0.05) is 23.2 Å². The van der Waals surface area contributed by atoms with Crippen LogP contribution in [0.1, 0.15) is 24.2 Å². The summed E-state index contributed by atoms with van der Waals surface area (Å²) in [6, 6.07) is 0. The molecule has 4 heteroatoms. The van der Waals surface area contributed by atoms with E-state index in [-0.39, 0.29) is 5.15 Å². The van der Waals surface area contributed by atoms with Gasteiger partial charge in [0.1, 0.15) is 5.15 Å². The summed E-state index contributed by atoms with van der Waals surface area (Å²) in [7, 11) is 0. The molecule has 1 heterocycles. The Morgan fingerprint density at radius 1 is 1.50 bits per heavy atom. The number of hydrogen-bond donors (Lipinski definition) is 1. The lowest BCUT2D eigenvalue weighted by Gasteiger charge is -2.10. The number of aryl methyl sites for hydroxylation is 1. The summed E-state index contributed by atoms with van der Waals surface area (Å²) in [5.41, 5.74) is 1.32. The standard InChI is InChI=1S/C8H9Cl2NO/c1-4-3-11-8(10)6(5(2)12)7(4)9/h3,5,12H,1-2H3/t5-/m0/s1. The summed E-state index contributed by atoms with van der Waals surface area (Å²) in [4.78, 5) is 3.88. The first-order chi connectivity index (χ1) is 5.54. The summed E-state index contributed by atoms with van der Waals surface area (Å²) in [5.74, 6) is 0. The molecule has 0 aliphatic rings. The fourth-order valence-electron chi connectivity index (χ4n) is 0.938. The van der Waals surface area contributed by atoms with Gasteiger partial charge < -0.3 is 5.11 Å². The Kier molecular flexibility index (Phi) is 2.94. The molecule has 1 rings (SSSR count). The summed E-state index contributed by atoms with van der Waals surface area (Å²) in [5, 5.41) is 10.1. The maximum atomic E-state index is 9.30. The number of aliphatic hydroxyl groups excluding tert-OH is 1. The van der Waals surface area contributed by atoms with Crippen molar-refractivity contribution in [2.45, 2.75) is 20.0 Å². The maximum absolute atomic E-state index is 9.30. The average Bonchev–Trinajstić information content (AvgIpc) is 1.97. The van der Waals surface area contributed by atoms with E-state index in [2.05, 4.69) is 4.98 Å². The van der Waals surface area contributed by atoms with Gasteiger partial charge in [-0.2, -0.15) is 0 Å². The van der Waals surface area contributed by atoms with Crippen LogP contribution in [0.15, 0.2) is 6.20 Å². The third kappa shape index (κ3) is 1.71. The van der Waals surface area contributed by atoms with E-state index in [9.17, 15) is 5.11 Å². The van der Waals surface area contributed by atoms with Crippen LogP contribution in [0.5, 0.6) is 0 Å². The van der Waals surface area contributed by atoms with Crippen LogP contribution < -0.4 is 0 Å². The Morgan fingerprint density at radius 2 is 2.08 bits per heavy atom. The minimum absolute atomic E-state index is 0.264. The first-order valence-corrected chi connectivity index (χ1v) is 4.28. The molecule has 1 atom stereocenters. The van der Waals surface area contributed by atoms with Gasteiger partial charge in [0, 0.05) is 11.8 Å². The van der Waals surface area contributed by atoms with Gasteiger partial charge in [-0.3, -0.25) is 0 Å². The van der Waals surface area contributed by atoms with Crippen LogP contribution in [-0.2, 0) is 0 Å². The van der Waals surface area contributed by atoms with Crippen molar-refractivity contribution in [1.29, 1.82) is 0 Å². The van der Waals surface area contributed by atoms with Crippen molar-refractivity contribution < 1.29 is 5.11 Å². The summed E-state index contributed by atoms with van der Waals surface area (Å²) in [6.07, 6.45) is 0.897. The Bertz CT molecular complexity index is 299. The fourth-order valence-corrected chi connectivity index (χ4v) is 1.58. The SMILES string of the molecule is Cc1cnc(Cl)c([C@H](C)O)c1Cl. The van der Waals surface area contributed by atoms with E-state index in [0.717, 1.165) is 5.56 Å². The van der Waals surface area contributed by atoms with Gasteiger partial charge in [0.15, 0.2) is 0 Å². The first kappa shape index (κ1) is 9.78. The molecule has 0 spiro atoms. The summed E-state index contributed by atoms with van der Waals surface area (Å²) < 4.78 is 0. The number of halogens is 2. The van der Waals surface area contributed by atoms with Crippen LogP contribution in [0.2, 0.25) is 10.2 Å². The Morgan fingerprint density at radius 3 is 2.50 bits per heavy atom. The van der Waals surface area contributed by atoms with Gasteiger partial charge in [-0.25, -0.2) is 4.98 Å². The maximum Gasteiger partial charge on any atom is 0.136 e. The molecule has 0 fully saturated rings. The number of aliphatic hydroxyl groups is 1. The van der Waals surface area contributed by atoms with Gasteiger partial charge in [0.05, 0.1) is 11.1 Å². The number of nitrogens with zero attached hydrogens (tertiary/aromatic N) is 1. The first-order valence-electron chi connectivity index (χ1n) is 3.52. The Hall–Kier alpha value is -0.310. The number of pyridine rings is 1. The number of rotatable bonds is 1. The normalized spacial score (nSPS) is 13.1. The van der Waals surface area contributed by atoms with Crippen molar-refractivity contribution in [3.05, 3.63) is 27.5 Å². The van der Waals surface area contributed by atoms with E-state index in [1.807, 2.05) is 6.92 Å². The smallest absolute Gasteiger partial charge is 0.136 e. The van der Waals surface area contributed by atoms with Gasteiger partial charge in [-0.15, -0.1) is 0 Å². The predicted molar refractivity (Wildman–Crippen MR) is 49.6 cm³/mol. The van der Waals surface area contributed by atoms with E-state index in [0.29, 0.717) is 10.6 Å². The molecule has 66 valence electrons. The van der Waals surface area contributed by atoms with Crippen LogP contribution in [0.25, 0.3) is 0 Å². The zero-order valence-electron chi connectivity index (χ0n) is 6.81. The van der Waals surface area contributed by atoms with Gasteiger partial charge in [0.2, 0.25) is 0 Å². The van der Waals surface area contributed by atoms with E-state index in [1.165, 1.54) is 0 Å². The Balaban J connectivity index is 3.33. The zero-order valence-corrected chi connectivity index (χ0v) is 8.32. The molecule has 0 amide bonds. The highest BCUT2D eigenvalue weighted by Gasteiger charge is 2.13. The molecule has 12 heavy (non-hydrogen) atoms. The molecule has 0 unspecified atom stereocenters. The lowest BCUT2D eigenvalue weighted by atomic mass is 10.1. The third-order valence-corrected chi connectivity index (χ3v) is 2.40. The second kappa shape index (κ2) is 3.60. The molecule has 1 aromatic rings. The number of hydrogen-bond acceptors (Lipinski definition) is 2. The Labute approximate surface area is 81.1 Å². The highest BCUT2D eigenvalue weighted by atomic mass is 35.5. The molecule has 1 aromatic heterocycles. The lowest BCUT2D eigenvalue weighted by molar-refractivity contribution is 0.199. The molecule has 2 nitrogen and oxygen atoms in total. The van der Waals surface area contributed by atoms with Gasteiger partial charge in [-0.05, 0) is 19.4 Å². The molecular weight excluding hydrogens is 197 g/mol. The lowest BCUT2D eigenvalue weighted by Crippen LogP contribution is -1.97. The van der Waals surface area contributed by atoms with Gasteiger partial charge >= 0.3 is 0 Å². The van der Waals surface area contributed by atoms with Crippen molar-refractivity contribution in [2.24, 2.45) is 0 Å². The molecule has 0 aromatic carbocycles. The number of aromatic nitrogens is 1. The van der Waals surface area contributed by atoms with E-state index in [1.54, 1.807) is 13.1 Å². The summed E-state index contributed by atoms with van der Waals surface area (Å²) >= 11 is 11.6. The average molecular weight is 206 g/mol. The van der Waals surface area contributed by atoms with Gasteiger partial charge in [0.25, 0.3) is 0 Å². The van der Waals surface area contributed by atoms with E-state index in [4.69, 9.17) is 23.2 Å². The molecule has 0 radical (unpaired) electrons. The monoisotopic (exact) mass is 205 g/mol. The second-order valence-electron chi connectivity index (χ2n) is 2.64. The third-order valence-electron chi connectivity index (χ3n) is 1.59. The van der Waals surface area contributed by atoms with E-state index >= 15 is 0 Å². The van der Waals surface area contributed by atoms with Crippen LogP contribution in [-0.4, -0.2) is 10.1 Å². The predicted octanol–water partition coefficient (Wildman–Crippen LogP) is 2.75. The molecule has 0 saturated heterocycles. The van der Waals surface area contributed by atoms with Crippen molar-refractivity contribution in [2.75, 3.05) is 0 Å². The van der Waals surface area contributed by atoms with Crippen LogP contribution in [0, 0.1) is 6.92 Å². The second-order valence-corrected chi connectivity index (χ2v) is 3.37. The highest BCUT2D eigenvalue weighted by Crippen LogP contribution is 2.30. The molecular formula is C8H9Cl2NO. The van der Waals surface area contributed by atoms with Crippen molar-refractivity contribution in [1.82, 2.24) is 4.98 Å². The molecule has 0 bridgehead atoms. The van der Waals surface area contributed by atoms with Crippen LogP contribution in [0.3, 0.4) is 0 Å².